The van der Waals surface area contributed by atoms with Gasteiger partial charge in [-0.25, -0.2) is 0 Å². The van der Waals surface area contributed by atoms with E-state index < -0.39 is 0 Å². The number of nitrogens with one attached hydrogen (secondary N) is 2. The van der Waals surface area contributed by atoms with Gasteiger partial charge in [-0.2, -0.15) is 0 Å². The van der Waals surface area contributed by atoms with Gasteiger partial charge in [0.15, 0.2) is 0 Å². The number of carbonyl (C=O) groups is 2. The molecule has 0 bridgehead atoms. The minimum absolute atomic E-state index is 0.222. The number of aryl methyl sites for hydroxylation is 1. The third kappa shape index (κ3) is 5.30. The summed E-state index contributed by atoms with van der Waals surface area (Å²) in [5.41, 5.74) is 9.74. The quantitative estimate of drug-likeness (QED) is 0.634. The first-order valence-corrected chi connectivity index (χ1v) is 9.48. The Balaban J connectivity index is 1.51. The SMILES string of the molecule is CCCc1ccc(CC(=O)NNC(=O)c2ccc(-c3ccccc3)cc2)cc1. The van der Waals surface area contributed by atoms with Gasteiger partial charge in [0, 0.05) is 5.56 Å². The van der Waals surface area contributed by atoms with Gasteiger partial charge in [0.25, 0.3) is 5.91 Å². The average Bonchev–Trinajstić information content (AvgIpc) is 2.74. The van der Waals surface area contributed by atoms with Gasteiger partial charge < -0.3 is 0 Å². The predicted octanol–water partition coefficient (Wildman–Crippen LogP) is 4.31. The highest BCUT2D eigenvalue weighted by Crippen LogP contribution is 2.19. The van der Waals surface area contributed by atoms with Crippen LogP contribution in [0.4, 0.5) is 0 Å². The van der Waals surface area contributed by atoms with E-state index in [2.05, 4.69) is 17.8 Å². The molecule has 0 spiro atoms. The van der Waals surface area contributed by atoms with Gasteiger partial charge in [0.2, 0.25) is 5.91 Å². The highest BCUT2D eigenvalue weighted by molar-refractivity contribution is 5.96. The Hall–Kier alpha value is -3.40. The Kier molecular flexibility index (Phi) is 6.58. The first kappa shape index (κ1) is 19.4. The Bertz CT molecular complexity index is 917. The van der Waals surface area contributed by atoms with Crippen LogP contribution >= 0.6 is 0 Å². The summed E-state index contributed by atoms with van der Waals surface area (Å²) in [4.78, 5) is 24.3. The third-order valence-corrected chi connectivity index (χ3v) is 4.50. The number of benzene rings is 3. The van der Waals surface area contributed by atoms with Crippen LogP contribution in [-0.4, -0.2) is 11.8 Å². The minimum atomic E-state index is -0.341. The van der Waals surface area contributed by atoms with Crippen molar-refractivity contribution in [3.8, 4) is 11.1 Å². The van der Waals surface area contributed by atoms with E-state index in [1.807, 2.05) is 66.7 Å². The van der Waals surface area contributed by atoms with Crippen molar-refractivity contribution in [1.29, 1.82) is 0 Å². The van der Waals surface area contributed by atoms with Gasteiger partial charge >= 0.3 is 0 Å². The summed E-state index contributed by atoms with van der Waals surface area (Å²) in [6, 6.07) is 25.2. The molecule has 3 aromatic carbocycles. The van der Waals surface area contributed by atoms with E-state index >= 15 is 0 Å². The van der Waals surface area contributed by atoms with Crippen LogP contribution in [0, 0.1) is 0 Å². The van der Waals surface area contributed by atoms with Crippen LogP contribution in [0.25, 0.3) is 11.1 Å². The summed E-state index contributed by atoms with van der Waals surface area (Å²) >= 11 is 0. The summed E-state index contributed by atoms with van der Waals surface area (Å²) in [5.74, 6) is -0.594. The topological polar surface area (TPSA) is 58.2 Å². The lowest BCUT2D eigenvalue weighted by molar-refractivity contribution is -0.121. The van der Waals surface area contributed by atoms with Crippen LogP contribution < -0.4 is 10.9 Å². The molecule has 4 heteroatoms. The maximum Gasteiger partial charge on any atom is 0.269 e. The minimum Gasteiger partial charge on any atom is -0.273 e. The Morgan fingerprint density at radius 3 is 1.96 bits per heavy atom. The van der Waals surface area contributed by atoms with E-state index in [0.717, 1.165) is 29.5 Å². The second-order valence-corrected chi connectivity index (χ2v) is 6.69. The number of carbonyl (C=O) groups excluding carboxylic acids is 2. The van der Waals surface area contributed by atoms with Crippen LogP contribution in [0.1, 0.15) is 34.8 Å². The molecule has 2 amide bonds. The second kappa shape index (κ2) is 9.51. The van der Waals surface area contributed by atoms with Crippen molar-refractivity contribution < 1.29 is 9.59 Å². The van der Waals surface area contributed by atoms with Gasteiger partial charge in [0.05, 0.1) is 6.42 Å². The van der Waals surface area contributed by atoms with E-state index in [9.17, 15) is 9.59 Å². The van der Waals surface area contributed by atoms with E-state index in [0.29, 0.717) is 5.56 Å². The van der Waals surface area contributed by atoms with Gasteiger partial charge in [-0.15, -0.1) is 0 Å². The third-order valence-electron chi connectivity index (χ3n) is 4.50. The highest BCUT2D eigenvalue weighted by Gasteiger charge is 2.08. The summed E-state index contributed by atoms with van der Waals surface area (Å²) < 4.78 is 0. The standard InChI is InChI=1S/C24H24N2O2/c1-2-6-18-9-11-19(12-10-18)17-23(27)25-26-24(28)22-15-13-21(14-16-22)20-7-4-3-5-8-20/h3-5,7-16H,2,6,17H2,1H3,(H,25,27)(H,26,28). The zero-order valence-electron chi connectivity index (χ0n) is 15.9. The second-order valence-electron chi connectivity index (χ2n) is 6.69. The smallest absolute Gasteiger partial charge is 0.269 e. The number of hydrazine groups is 1. The fraction of sp³-hybridized carbons (Fsp3) is 0.167. The number of hydrogen-bond donors (Lipinski definition) is 2. The highest BCUT2D eigenvalue weighted by atomic mass is 16.2. The molecule has 0 aliphatic carbocycles. The molecule has 0 atom stereocenters. The number of rotatable bonds is 6. The van der Waals surface area contributed by atoms with Gasteiger partial charge in [-0.05, 0) is 40.8 Å². The molecule has 0 fully saturated rings. The zero-order valence-corrected chi connectivity index (χ0v) is 15.9. The molecule has 0 aromatic heterocycles. The molecule has 0 aliphatic rings. The summed E-state index contributed by atoms with van der Waals surface area (Å²) in [6.45, 7) is 2.14. The normalized spacial score (nSPS) is 10.3. The first-order chi connectivity index (χ1) is 13.7. The molecule has 2 N–H and O–H groups in total. The molecule has 3 rings (SSSR count). The Morgan fingerprint density at radius 2 is 1.32 bits per heavy atom. The largest absolute Gasteiger partial charge is 0.273 e. The molecular weight excluding hydrogens is 348 g/mol. The number of amides is 2. The van der Waals surface area contributed by atoms with Crippen molar-refractivity contribution in [2.45, 2.75) is 26.2 Å². The number of hydrogen-bond acceptors (Lipinski definition) is 2. The van der Waals surface area contributed by atoms with E-state index in [1.54, 1.807) is 12.1 Å². The van der Waals surface area contributed by atoms with Crippen LogP contribution in [0.3, 0.4) is 0 Å². The molecule has 28 heavy (non-hydrogen) atoms. The average molecular weight is 372 g/mol. The molecule has 0 saturated carbocycles. The molecule has 142 valence electrons. The van der Waals surface area contributed by atoms with E-state index in [4.69, 9.17) is 0 Å². The van der Waals surface area contributed by atoms with Crippen LogP contribution in [-0.2, 0) is 17.6 Å². The van der Waals surface area contributed by atoms with Gasteiger partial charge in [-0.3, -0.25) is 20.4 Å². The van der Waals surface area contributed by atoms with Crippen molar-refractivity contribution in [2.24, 2.45) is 0 Å². The van der Waals surface area contributed by atoms with Gasteiger partial charge in [0.1, 0.15) is 0 Å². The maximum atomic E-state index is 12.2. The summed E-state index contributed by atoms with van der Waals surface area (Å²) in [5, 5.41) is 0. The molecule has 0 saturated heterocycles. The van der Waals surface area contributed by atoms with Crippen molar-refractivity contribution >= 4 is 11.8 Å². The van der Waals surface area contributed by atoms with E-state index in [1.165, 1.54) is 5.56 Å². The molecule has 3 aromatic rings. The van der Waals surface area contributed by atoms with Crippen molar-refractivity contribution in [2.75, 3.05) is 0 Å². The lowest BCUT2D eigenvalue weighted by Gasteiger charge is -2.09. The fourth-order valence-corrected chi connectivity index (χ4v) is 2.99. The fourth-order valence-electron chi connectivity index (χ4n) is 2.99. The maximum absolute atomic E-state index is 12.2. The summed E-state index contributed by atoms with van der Waals surface area (Å²) in [7, 11) is 0. The van der Waals surface area contributed by atoms with Crippen molar-refractivity contribution in [3.63, 3.8) is 0 Å². The lowest BCUT2D eigenvalue weighted by Crippen LogP contribution is -2.42. The lowest BCUT2D eigenvalue weighted by atomic mass is 10.0. The van der Waals surface area contributed by atoms with Crippen molar-refractivity contribution in [3.05, 3.63) is 95.6 Å². The van der Waals surface area contributed by atoms with Crippen LogP contribution in [0.5, 0.6) is 0 Å². The molecule has 0 aliphatic heterocycles. The van der Waals surface area contributed by atoms with Crippen LogP contribution in [0.15, 0.2) is 78.9 Å². The molecule has 0 radical (unpaired) electrons. The molecular formula is C24H24N2O2. The monoisotopic (exact) mass is 372 g/mol. The zero-order chi connectivity index (χ0) is 19.8. The van der Waals surface area contributed by atoms with Crippen LogP contribution in [0.2, 0.25) is 0 Å². The first-order valence-electron chi connectivity index (χ1n) is 9.48. The Labute approximate surface area is 165 Å². The van der Waals surface area contributed by atoms with E-state index in [-0.39, 0.29) is 18.2 Å². The summed E-state index contributed by atoms with van der Waals surface area (Å²) in [6.07, 6.45) is 2.35. The van der Waals surface area contributed by atoms with Crippen molar-refractivity contribution in [1.82, 2.24) is 10.9 Å². The predicted molar refractivity (Wildman–Crippen MR) is 112 cm³/mol. The molecule has 0 heterocycles. The Morgan fingerprint density at radius 1 is 0.714 bits per heavy atom. The van der Waals surface area contributed by atoms with Gasteiger partial charge in [-0.1, -0.05) is 80.1 Å². The molecule has 0 unspecified atom stereocenters. The molecule has 4 nitrogen and oxygen atoms in total.